The molecule has 2 heterocycles. The van der Waals surface area contributed by atoms with E-state index in [-0.39, 0.29) is 11.9 Å². The lowest BCUT2D eigenvalue weighted by Gasteiger charge is -2.03. The third kappa shape index (κ3) is 3.25. The van der Waals surface area contributed by atoms with Gasteiger partial charge in [-0.3, -0.25) is 10.1 Å². The number of nitrogens with one attached hydrogen (secondary N) is 2. The number of carbonyl (C=O) groups is 1. The first kappa shape index (κ1) is 16.5. The zero-order chi connectivity index (χ0) is 18.1. The Balaban J connectivity index is 1.53. The summed E-state index contributed by atoms with van der Waals surface area (Å²) in [6, 6.07) is 15.7. The molecular formula is C19H16BrN5O. The lowest BCUT2D eigenvalue weighted by atomic mass is 10.1. The molecule has 4 rings (SSSR count). The van der Waals surface area contributed by atoms with Crippen molar-refractivity contribution in [3.05, 3.63) is 76.2 Å². The Kier molecular flexibility index (Phi) is 4.30. The van der Waals surface area contributed by atoms with Crippen molar-refractivity contribution in [2.24, 2.45) is 0 Å². The van der Waals surface area contributed by atoms with Gasteiger partial charge in [-0.15, -0.1) is 5.10 Å². The number of nitrogens with zero attached hydrogens (tertiary/aromatic N) is 3. The van der Waals surface area contributed by atoms with Crippen LogP contribution in [0, 0.1) is 6.92 Å². The topological polar surface area (TPSA) is 75.6 Å². The monoisotopic (exact) mass is 409 g/mol. The van der Waals surface area contributed by atoms with Gasteiger partial charge in [0.05, 0.1) is 12.1 Å². The minimum absolute atomic E-state index is 0.222. The number of hydrogen-bond acceptors (Lipinski definition) is 3. The highest BCUT2D eigenvalue weighted by Crippen LogP contribution is 2.22. The molecule has 7 heteroatoms. The molecule has 1 amide bonds. The van der Waals surface area contributed by atoms with Crippen molar-refractivity contribution in [3.63, 3.8) is 0 Å². The van der Waals surface area contributed by atoms with Gasteiger partial charge in [0.25, 0.3) is 5.91 Å². The smallest absolute Gasteiger partial charge is 0.260 e. The fraction of sp³-hybridized carbons (Fsp3) is 0.105. The summed E-state index contributed by atoms with van der Waals surface area (Å²) in [5, 5.41) is 8.01. The number of aromatic nitrogens is 4. The summed E-state index contributed by atoms with van der Waals surface area (Å²) in [6.45, 7) is 2.46. The summed E-state index contributed by atoms with van der Waals surface area (Å²) in [5.41, 5.74) is 3.46. The van der Waals surface area contributed by atoms with Crippen molar-refractivity contribution in [2.45, 2.75) is 13.5 Å². The Morgan fingerprint density at radius 2 is 2.08 bits per heavy atom. The van der Waals surface area contributed by atoms with Crippen LogP contribution < -0.4 is 5.32 Å². The molecule has 0 fully saturated rings. The lowest BCUT2D eigenvalue weighted by molar-refractivity contribution is 0.102. The number of fused-ring (bicyclic) bond motifs is 1. The van der Waals surface area contributed by atoms with E-state index in [4.69, 9.17) is 0 Å². The molecular weight excluding hydrogens is 394 g/mol. The quantitative estimate of drug-likeness (QED) is 0.531. The number of anilines is 1. The zero-order valence-corrected chi connectivity index (χ0v) is 15.6. The lowest BCUT2D eigenvalue weighted by Crippen LogP contribution is -2.14. The standard InChI is InChI=1S/C19H16BrN5O/c1-12-17(15-7-2-3-8-16(15)22-12)18(26)23-19-21-11-25(24-19)10-13-5-4-6-14(20)9-13/h2-9,11,22H,10H2,1H3,(H,23,24,26). The molecule has 130 valence electrons. The molecule has 6 nitrogen and oxygen atoms in total. The fourth-order valence-electron chi connectivity index (χ4n) is 2.98. The predicted molar refractivity (Wildman–Crippen MR) is 104 cm³/mol. The molecule has 0 saturated heterocycles. The van der Waals surface area contributed by atoms with E-state index < -0.39 is 0 Å². The molecule has 2 N–H and O–H groups in total. The molecule has 0 saturated carbocycles. The number of aryl methyl sites for hydroxylation is 1. The van der Waals surface area contributed by atoms with Gasteiger partial charge in [0.2, 0.25) is 5.95 Å². The zero-order valence-electron chi connectivity index (χ0n) is 14.0. The SMILES string of the molecule is Cc1[nH]c2ccccc2c1C(=O)Nc1ncn(Cc2cccc(Br)c2)n1. The largest absolute Gasteiger partial charge is 0.358 e. The van der Waals surface area contributed by atoms with Crippen molar-refractivity contribution in [3.8, 4) is 0 Å². The second-order valence-corrected chi connectivity index (χ2v) is 6.94. The number of benzene rings is 2. The van der Waals surface area contributed by atoms with Crippen LogP contribution in [-0.2, 0) is 6.54 Å². The van der Waals surface area contributed by atoms with Gasteiger partial charge in [0, 0.05) is 21.1 Å². The number of H-pyrrole nitrogens is 1. The third-order valence-corrected chi connectivity index (χ3v) is 4.61. The van der Waals surface area contributed by atoms with Gasteiger partial charge in [-0.25, -0.2) is 9.67 Å². The van der Waals surface area contributed by atoms with Crippen molar-refractivity contribution >= 4 is 38.7 Å². The highest BCUT2D eigenvalue weighted by Gasteiger charge is 2.17. The minimum Gasteiger partial charge on any atom is -0.358 e. The molecule has 0 aliphatic rings. The van der Waals surface area contributed by atoms with Gasteiger partial charge in [-0.2, -0.15) is 0 Å². The van der Waals surface area contributed by atoms with Gasteiger partial charge in [0.1, 0.15) is 6.33 Å². The molecule has 0 radical (unpaired) electrons. The van der Waals surface area contributed by atoms with Crippen molar-refractivity contribution < 1.29 is 4.79 Å². The van der Waals surface area contributed by atoms with Gasteiger partial charge in [-0.1, -0.05) is 46.3 Å². The normalized spacial score (nSPS) is 11.0. The van der Waals surface area contributed by atoms with E-state index >= 15 is 0 Å². The summed E-state index contributed by atoms with van der Waals surface area (Å²) < 4.78 is 2.71. The molecule has 0 spiro atoms. The summed E-state index contributed by atoms with van der Waals surface area (Å²) in [7, 11) is 0. The van der Waals surface area contributed by atoms with Crippen LogP contribution in [0.3, 0.4) is 0 Å². The third-order valence-electron chi connectivity index (χ3n) is 4.12. The predicted octanol–water partition coefficient (Wildman–Crippen LogP) is 4.13. The number of para-hydroxylation sites is 1. The summed E-state index contributed by atoms with van der Waals surface area (Å²) in [4.78, 5) is 20.1. The molecule has 0 aliphatic heterocycles. The molecule has 0 aliphatic carbocycles. The molecule has 0 bridgehead atoms. The first-order valence-electron chi connectivity index (χ1n) is 8.13. The average molecular weight is 410 g/mol. The summed E-state index contributed by atoms with van der Waals surface area (Å²) in [5.74, 6) is 0.0647. The van der Waals surface area contributed by atoms with E-state index in [1.807, 2.05) is 55.5 Å². The van der Waals surface area contributed by atoms with Crippen LogP contribution >= 0.6 is 15.9 Å². The highest BCUT2D eigenvalue weighted by atomic mass is 79.9. The van der Waals surface area contributed by atoms with Crippen molar-refractivity contribution in [1.82, 2.24) is 19.7 Å². The van der Waals surface area contributed by atoms with Crippen LogP contribution in [0.5, 0.6) is 0 Å². The van der Waals surface area contributed by atoms with Crippen molar-refractivity contribution in [1.29, 1.82) is 0 Å². The summed E-state index contributed by atoms with van der Waals surface area (Å²) >= 11 is 3.46. The van der Waals surface area contributed by atoms with Gasteiger partial charge in [-0.05, 0) is 30.7 Å². The maximum Gasteiger partial charge on any atom is 0.260 e. The number of carbonyl (C=O) groups excluding carboxylic acids is 1. The molecule has 0 unspecified atom stereocenters. The van der Waals surface area contributed by atoms with Crippen molar-refractivity contribution in [2.75, 3.05) is 5.32 Å². The Hall–Kier alpha value is -2.93. The number of aromatic amines is 1. The van der Waals surface area contributed by atoms with Gasteiger partial charge in [0.15, 0.2) is 0 Å². The number of amides is 1. The highest BCUT2D eigenvalue weighted by molar-refractivity contribution is 9.10. The number of rotatable bonds is 4. The van der Waals surface area contributed by atoms with Crippen LogP contribution in [0.1, 0.15) is 21.6 Å². The van der Waals surface area contributed by atoms with E-state index in [2.05, 4.69) is 36.3 Å². The van der Waals surface area contributed by atoms with Crippen LogP contribution in [0.2, 0.25) is 0 Å². The Morgan fingerprint density at radius 1 is 1.23 bits per heavy atom. The summed E-state index contributed by atoms with van der Waals surface area (Å²) in [6.07, 6.45) is 1.61. The van der Waals surface area contributed by atoms with Gasteiger partial charge >= 0.3 is 0 Å². The molecule has 4 aromatic rings. The van der Waals surface area contributed by atoms with E-state index in [1.165, 1.54) is 0 Å². The second-order valence-electron chi connectivity index (χ2n) is 6.02. The average Bonchev–Trinajstić information content (AvgIpc) is 3.17. The van der Waals surface area contributed by atoms with E-state index in [1.54, 1.807) is 11.0 Å². The van der Waals surface area contributed by atoms with Crippen LogP contribution in [0.15, 0.2) is 59.3 Å². The second kappa shape index (κ2) is 6.76. The Labute approximate surface area is 158 Å². The number of hydrogen-bond donors (Lipinski definition) is 2. The van der Waals surface area contributed by atoms with E-state index in [0.717, 1.165) is 26.6 Å². The van der Waals surface area contributed by atoms with E-state index in [9.17, 15) is 4.79 Å². The maximum atomic E-state index is 12.7. The fourth-order valence-corrected chi connectivity index (χ4v) is 3.43. The van der Waals surface area contributed by atoms with Crippen LogP contribution in [-0.4, -0.2) is 25.7 Å². The minimum atomic E-state index is -0.222. The Bertz CT molecular complexity index is 1100. The maximum absolute atomic E-state index is 12.7. The van der Waals surface area contributed by atoms with Crippen LogP contribution in [0.25, 0.3) is 10.9 Å². The first-order valence-corrected chi connectivity index (χ1v) is 8.92. The molecule has 2 aromatic carbocycles. The number of halogens is 1. The Morgan fingerprint density at radius 3 is 2.92 bits per heavy atom. The molecule has 2 aromatic heterocycles. The van der Waals surface area contributed by atoms with E-state index in [0.29, 0.717) is 12.1 Å². The van der Waals surface area contributed by atoms with Gasteiger partial charge < -0.3 is 4.98 Å². The molecule has 26 heavy (non-hydrogen) atoms. The first-order chi connectivity index (χ1) is 12.6. The van der Waals surface area contributed by atoms with Crippen LogP contribution in [0.4, 0.5) is 5.95 Å². The molecule has 0 atom stereocenters.